The highest BCUT2D eigenvalue weighted by molar-refractivity contribution is 6.33. The van der Waals surface area contributed by atoms with Crippen molar-refractivity contribution in [2.24, 2.45) is 0 Å². The van der Waals surface area contributed by atoms with Crippen molar-refractivity contribution in [3.05, 3.63) is 65.0 Å². The molecule has 3 aromatic rings. The normalized spacial score (nSPS) is 16.6. The van der Waals surface area contributed by atoms with Crippen LogP contribution in [0.15, 0.2) is 53.1 Å². The maximum Gasteiger partial charge on any atom is 0.246 e. The lowest BCUT2D eigenvalue weighted by Gasteiger charge is -2.22. The molecule has 0 unspecified atom stereocenters. The molecule has 2 heterocycles. The molecule has 1 aromatic heterocycles. The Balaban J connectivity index is 1.60. The first-order valence-electron chi connectivity index (χ1n) is 7.64. The van der Waals surface area contributed by atoms with E-state index in [2.05, 4.69) is 46.2 Å². The SMILES string of the molecule is C[C@H]1Cc2ccccc2N1Cc1nc(-c2ccccc2Cl)no1. The van der Waals surface area contributed by atoms with Crippen LogP contribution in [-0.2, 0) is 13.0 Å². The summed E-state index contributed by atoms with van der Waals surface area (Å²) in [6.07, 6.45) is 1.04. The average Bonchev–Trinajstić information content (AvgIpc) is 3.14. The van der Waals surface area contributed by atoms with Crippen LogP contribution in [-0.4, -0.2) is 16.2 Å². The molecule has 0 spiro atoms. The zero-order chi connectivity index (χ0) is 15.8. The van der Waals surface area contributed by atoms with Crippen molar-refractivity contribution < 1.29 is 4.52 Å². The average molecular weight is 326 g/mol. The fourth-order valence-corrected chi connectivity index (χ4v) is 3.31. The Hall–Kier alpha value is -2.33. The van der Waals surface area contributed by atoms with Gasteiger partial charge in [-0.25, -0.2) is 0 Å². The first-order chi connectivity index (χ1) is 11.2. The predicted molar refractivity (Wildman–Crippen MR) is 90.5 cm³/mol. The second-order valence-corrected chi connectivity index (χ2v) is 6.21. The van der Waals surface area contributed by atoms with Gasteiger partial charge in [0.15, 0.2) is 0 Å². The summed E-state index contributed by atoms with van der Waals surface area (Å²) in [5.74, 6) is 1.13. The van der Waals surface area contributed by atoms with Gasteiger partial charge < -0.3 is 9.42 Å². The van der Waals surface area contributed by atoms with Crippen LogP contribution in [0, 0.1) is 0 Å². The molecule has 2 aromatic carbocycles. The van der Waals surface area contributed by atoms with Crippen LogP contribution in [0.1, 0.15) is 18.4 Å². The molecule has 0 N–H and O–H groups in total. The fourth-order valence-electron chi connectivity index (χ4n) is 3.09. The number of hydrogen-bond acceptors (Lipinski definition) is 4. The van der Waals surface area contributed by atoms with Gasteiger partial charge in [0, 0.05) is 17.3 Å². The van der Waals surface area contributed by atoms with Gasteiger partial charge in [0.25, 0.3) is 0 Å². The molecule has 0 bridgehead atoms. The largest absolute Gasteiger partial charge is 0.359 e. The number of anilines is 1. The lowest BCUT2D eigenvalue weighted by atomic mass is 10.1. The van der Waals surface area contributed by atoms with Crippen molar-refractivity contribution in [1.82, 2.24) is 10.1 Å². The van der Waals surface area contributed by atoms with Gasteiger partial charge in [-0.05, 0) is 37.1 Å². The molecular formula is C18H16ClN3O. The second kappa shape index (κ2) is 5.70. The van der Waals surface area contributed by atoms with Gasteiger partial charge in [0.2, 0.25) is 11.7 Å². The van der Waals surface area contributed by atoms with Crippen molar-refractivity contribution in [3.63, 3.8) is 0 Å². The first-order valence-corrected chi connectivity index (χ1v) is 8.02. The Morgan fingerprint density at radius 1 is 1.17 bits per heavy atom. The summed E-state index contributed by atoms with van der Waals surface area (Å²) in [5.41, 5.74) is 3.40. The number of aromatic nitrogens is 2. The van der Waals surface area contributed by atoms with E-state index < -0.39 is 0 Å². The molecule has 5 heteroatoms. The van der Waals surface area contributed by atoms with E-state index in [1.807, 2.05) is 24.3 Å². The summed E-state index contributed by atoms with van der Waals surface area (Å²) in [4.78, 5) is 6.81. The number of halogens is 1. The van der Waals surface area contributed by atoms with Crippen molar-refractivity contribution in [3.8, 4) is 11.4 Å². The summed E-state index contributed by atoms with van der Waals surface area (Å²) in [5, 5.41) is 4.70. The van der Waals surface area contributed by atoms with Gasteiger partial charge >= 0.3 is 0 Å². The molecular weight excluding hydrogens is 310 g/mol. The monoisotopic (exact) mass is 325 g/mol. The third kappa shape index (κ3) is 2.59. The highest BCUT2D eigenvalue weighted by atomic mass is 35.5. The maximum absolute atomic E-state index is 6.20. The molecule has 0 radical (unpaired) electrons. The molecule has 0 saturated heterocycles. The Bertz CT molecular complexity index is 846. The summed E-state index contributed by atoms with van der Waals surface area (Å²) < 4.78 is 5.44. The lowest BCUT2D eigenvalue weighted by molar-refractivity contribution is 0.374. The van der Waals surface area contributed by atoms with Crippen LogP contribution in [0.3, 0.4) is 0 Å². The van der Waals surface area contributed by atoms with Crippen molar-refractivity contribution in [2.75, 3.05) is 4.90 Å². The van der Waals surface area contributed by atoms with Gasteiger partial charge in [-0.3, -0.25) is 0 Å². The zero-order valence-corrected chi connectivity index (χ0v) is 13.5. The Morgan fingerprint density at radius 3 is 2.83 bits per heavy atom. The minimum atomic E-state index is 0.420. The Labute approximate surface area is 139 Å². The van der Waals surface area contributed by atoms with Crippen LogP contribution in [0.4, 0.5) is 5.69 Å². The van der Waals surface area contributed by atoms with E-state index in [9.17, 15) is 0 Å². The molecule has 4 rings (SSSR count). The predicted octanol–water partition coefficient (Wildman–Crippen LogP) is 4.34. The highest BCUT2D eigenvalue weighted by Crippen LogP contribution is 2.33. The molecule has 1 aliphatic heterocycles. The molecule has 1 aliphatic rings. The van der Waals surface area contributed by atoms with E-state index in [4.69, 9.17) is 16.1 Å². The van der Waals surface area contributed by atoms with Crippen LogP contribution >= 0.6 is 11.6 Å². The topological polar surface area (TPSA) is 42.2 Å². The van der Waals surface area contributed by atoms with E-state index in [0.29, 0.717) is 29.3 Å². The second-order valence-electron chi connectivity index (χ2n) is 5.80. The van der Waals surface area contributed by atoms with E-state index in [1.165, 1.54) is 11.3 Å². The van der Waals surface area contributed by atoms with Gasteiger partial charge in [0.05, 0.1) is 11.6 Å². The summed E-state index contributed by atoms with van der Waals surface area (Å²) in [6.45, 7) is 2.82. The van der Waals surface area contributed by atoms with Gasteiger partial charge in [-0.1, -0.05) is 47.1 Å². The van der Waals surface area contributed by atoms with Crippen molar-refractivity contribution >= 4 is 17.3 Å². The van der Waals surface area contributed by atoms with Gasteiger partial charge in [-0.2, -0.15) is 4.98 Å². The molecule has 0 amide bonds. The lowest BCUT2D eigenvalue weighted by Crippen LogP contribution is -2.28. The molecule has 0 fully saturated rings. The molecule has 0 saturated carbocycles. The fraction of sp³-hybridized carbons (Fsp3) is 0.222. The number of para-hydroxylation sites is 1. The van der Waals surface area contributed by atoms with Crippen LogP contribution in [0.25, 0.3) is 11.4 Å². The van der Waals surface area contributed by atoms with E-state index >= 15 is 0 Å². The van der Waals surface area contributed by atoms with Crippen LogP contribution < -0.4 is 4.90 Å². The smallest absolute Gasteiger partial charge is 0.246 e. The van der Waals surface area contributed by atoms with Gasteiger partial charge in [-0.15, -0.1) is 0 Å². The number of nitrogens with zero attached hydrogens (tertiary/aromatic N) is 3. The molecule has 1 atom stereocenters. The Morgan fingerprint density at radius 2 is 1.96 bits per heavy atom. The zero-order valence-electron chi connectivity index (χ0n) is 12.7. The Kier molecular flexibility index (Phi) is 3.54. The number of hydrogen-bond donors (Lipinski definition) is 0. The minimum Gasteiger partial charge on any atom is -0.359 e. The quantitative estimate of drug-likeness (QED) is 0.718. The molecule has 23 heavy (non-hydrogen) atoms. The molecule has 116 valence electrons. The molecule has 0 aliphatic carbocycles. The number of rotatable bonds is 3. The number of benzene rings is 2. The standard InChI is InChI=1S/C18H16ClN3O/c1-12-10-13-6-2-5-9-16(13)22(12)11-17-20-18(21-23-17)14-7-3-4-8-15(14)19/h2-9,12H,10-11H2,1H3/t12-/m0/s1. The summed E-state index contributed by atoms with van der Waals surface area (Å²) in [7, 11) is 0. The third-order valence-electron chi connectivity index (χ3n) is 4.24. The first kappa shape index (κ1) is 14.3. The highest BCUT2D eigenvalue weighted by Gasteiger charge is 2.27. The molecule has 4 nitrogen and oxygen atoms in total. The van der Waals surface area contributed by atoms with Crippen LogP contribution in [0.5, 0.6) is 0 Å². The summed E-state index contributed by atoms with van der Waals surface area (Å²) in [6, 6.07) is 16.4. The van der Waals surface area contributed by atoms with Crippen molar-refractivity contribution in [1.29, 1.82) is 0 Å². The van der Waals surface area contributed by atoms with E-state index in [-0.39, 0.29) is 0 Å². The summed E-state index contributed by atoms with van der Waals surface area (Å²) >= 11 is 6.20. The van der Waals surface area contributed by atoms with E-state index in [0.717, 1.165) is 12.0 Å². The third-order valence-corrected chi connectivity index (χ3v) is 4.57. The maximum atomic E-state index is 6.20. The van der Waals surface area contributed by atoms with E-state index in [1.54, 1.807) is 0 Å². The van der Waals surface area contributed by atoms with Crippen molar-refractivity contribution in [2.45, 2.75) is 25.9 Å². The minimum absolute atomic E-state index is 0.420. The van der Waals surface area contributed by atoms with Gasteiger partial charge in [0.1, 0.15) is 0 Å². The van der Waals surface area contributed by atoms with Crippen LogP contribution in [0.2, 0.25) is 5.02 Å². The number of fused-ring (bicyclic) bond motifs is 1.